The Hall–Kier alpha value is -2.65. The molecule has 0 heterocycles. The molecule has 2 aromatic rings. The van der Waals surface area contributed by atoms with E-state index in [1.807, 2.05) is 0 Å². The first-order valence-electron chi connectivity index (χ1n) is 9.44. The fraction of sp³-hybridized carbons (Fsp3) is 0.333. The van der Waals surface area contributed by atoms with E-state index in [0.717, 1.165) is 15.5 Å². The molecular formula is C21H25ClFN3O4S. The smallest absolute Gasteiger partial charge is 0.244 e. The van der Waals surface area contributed by atoms with Crippen molar-refractivity contribution in [2.45, 2.75) is 26.4 Å². The molecule has 7 nitrogen and oxygen atoms in total. The van der Waals surface area contributed by atoms with Gasteiger partial charge in [-0.1, -0.05) is 35.9 Å². The third-order valence-corrected chi connectivity index (χ3v) is 6.44. The Kier molecular flexibility index (Phi) is 8.02. The van der Waals surface area contributed by atoms with Crippen LogP contribution in [0.5, 0.6) is 0 Å². The van der Waals surface area contributed by atoms with Gasteiger partial charge in [-0.15, -0.1) is 0 Å². The van der Waals surface area contributed by atoms with Gasteiger partial charge in [-0.3, -0.25) is 13.9 Å². The van der Waals surface area contributed by atoms with E-state index < -0.39 is 40.2 Å². The molecule has 31 heavy (non-hydrogen) atoms. The zero-order valence-electron chi connectivity index (χ0n) is 17.7. The lowest BCUT2D eigenvalue weighted by Crippen LogP contribution is -2.50. The van der Waals surface area contributed by atoms with E-state index in [4.69, 9.17) is 11.6 Å². The predicted molar refractivity (Wildman–Crippen MR) is 119 cm³/mol. The molecular weight excluding hydrogens is 445 g/mol. The first-order valence-corrected chi connectivity index (χ1v) is 11.7. The molecule has 0 aliphatic rings. The summed E-state index contributed by atoms with van der Waals surface area (Å²) in [6, 6.07) is 9.66. The minimum Gasteiger partial charge on any atom is -0.357 e. The molecule has 168 valence electrons. The average Bonchev–Trinajstić information content (AvgIpc) is 2.71. The lowest BCUT2D eigenvalue weighted by molar-refractivity contribution is -0.139. The highest BCUT2D eigenvalue weighted by molar-refractivity contribution is 7.92. The van der Waals surface area contributed by atoms with Crippen LogP contribution < -0.4 is 9.62 Å². The van der Waals surface area contributed by atoms with Crippen LogP contribution in [0.25, 0.3) is 0 Å². The number of amides is 2. The van der Waals surface area contributed by atoms with Crippen molar-refractivity contribution in [3.05, 3.63) is 64.4 Å². The molecule has 0 aromatic heterocycles. The Morgan fingerprint density at radius 2 is 1.81 bits per heavy atom. The highest BCUT2D eigenvalue weighted by atomic mass is 35.5. The molecule has 0 saturated heterocycles. The van der Waals surface area contributed by atoms with E-state index in [2.05, 4.69) is 5.32 Å². The molecule has 0 aliphatic carbocycles. The lowest BCUT2D eigenvalue weighted by Gasteiger charge is -2.31. The zero-order valence-corrected chi connectivity index (χ0v) is 19.3. The zero-order chi connectivity index (χ0) is 23.3. The largest absolute Gasteiger partial charge is 0.357 e. The lowest BCUT2D eigenvalue weighted by atomic mass is 10.1. The molecule has 0 spiro atoms. The summed E-state index contributed by atoms with van der Waals surface area (Å²) in [6.45, 7) is 2.36. The van der Waals surface area contributed by atoms with Gasteiger partial charge in [0.2, 0.25) is 21.8 Å². The van der Waals surface area contributed by atoms with Crippen LogP contribution in [-0.4, -0.2) is 51.0 Å². The van der Waals surface area contributed by atoms with Gasteiger partial charge < -0.3 is 10.2 Å². The van der Waals surface area contributed by atoms with Crippen LogP contribution in [0, 0.1) is 12.7 Å². The molecule has 10 heteroatoms. The molecule has 2 aromatic carbocycles. The third-order valence-electron chi connectivity index (χ3n) is 4.90. The molecule has 0 fully saturated rings. The molecule has 0 saturated carbocycles. The molecule has 0 radical (unpaired) electrons. The van der Waals surface area contributed by atoms with Crippen molar-refractivity contribution in [3.8, 4) is 0 Å². The standard InChI is InChI=1S/C21H25ClFN3O4S/c1-14-17(22)9-7-11-19(14)26(31(4,29)30)13-20(27)25(15(2)21(28)24-3)12-16-8-5-6-10-18(16)23/h5-11,15H,12-13H2,1-4H3,(H,24,28)/t15-/m1/s1. The summed E-state index contributed by atoms with van der Waals surface area (Å²) < 4.78 is 40.1. The van der Waals surface area contributed by atoms with Crippen molar-refractivity contribution in [1.29, 1.82) is 0 Å². The second kappa shape index (κ2) is 10.1. The summed E-state index contributed by atoms with van der Waals surface area (Å²) in [7, 11) is -2.45. The number of carbonyl (C=O) groups is 2. The van der Waals surface area contributed by atoms with E-state index in [0.29, 0.717) is 10.6 Å². The number of rotatable bonds is 8. The number of sulfonamides is 1. The monoisotopic (exact) mass is 469 g/mol. The number of hydrogen-bond donors (Lipinski definition) is 1. The van der Waals surface area contributed by atoms with Gasteiger partial charge in [0.05, 0.1) is 11.9 Å². The quantitative estimate of drug-likeness (QED) is 0.644. The molecule has 2 rings (SSSR count). The Morgan fingerprint density at radius 3 is 2.39 bits per heavy atom. The van der Waals surface area contributed by atoms with Crippen molar-refractivity contribution in [2.24, 2.45) is 0 Å². The normalized spacial score (nSPS) is 12.2. The van der Waals surface area contributed by atoms with Crippen LogP contribution in [0.2, 0.25) is 5.02 Å². The first kappa shape index (κ1) is 24.6. The number of nitrogens with zero attached hydrogens (tertiary/aromatic N) is 2. The fourth-order valence-corrected chi connectivity index (χ4v) is 4.13. The summed E-state index contributed by atoms with van der Waals surface area (Å²) >= 11 is 6.13. The van der Waals surface area contributed by atoms with Crippen LogP contribution in [0.4, 0.5) is 10.1 Å². The number of halogens is 2. The van der Waals surface area contributed by atoms with Gasteiger partial charge in [-0.05, 0) is 37.6 Å². The topological polar surface area (TPSA) is 86.8 Å². The van der Waals surface area contributed by atoms with Gasteiger partial charge in [0.25, 0.3) is 0 Å². The molecule has 0 aliphatic heterocycles. The van der Waals surface area contributed by atoms with Gasteiger partial charge in [0, 0.05) is 24.2 Å². The summed E-state index contributed by atoms with van der Waals surface area (Å²) in [5.74, 6) is -1.66. The average molecular weight is 470 g/mol. The maximum atomic E-state index is 14.2. The summed E-state index contributed by atoms with van der Waals surface area (Å²) in [6.07, 6.45) is 0.976. The maximum absolute atomic E-state index is 14.2. The fourth-order valence-electron chi connectivity index (χ4n) is 3.06. The van der Waals surface area contributed by atoms with E-state index in [-0.39, 0.29) is 17.8 Å². The molecule has 0 unspecified atom stereocenters. The van der Waals surface area contributed by atoms with Gasteiger partial charge in [-0.2, -0.15) is 0 Å². The van der Waals surface area contributed by atoms with Gasteiger partial charge >= 0.3 is 0 Å². The van der Waals surface area contributed by atoms with Crippen LogP contribution in [-0.2, 0) is 26.2 Å². The van der Waals surface area contributed by atoms with Crippen molar-refractivity contribution in [1.82, 2.24) is 10.2 Å². The first-order chi connectivity index (χ1) is 14.5. The molecule has 0 bridgehead atoms. The Labute approximate surface area is 186 Å². The predicted octanol–water partition coefficient (Wildman–Crippen LogP) is 2.72. The van der Waals surface area contributed by atoms with E-state index in [9.17, 15) is 22.4 Å². The number of likely N-dealkylation sites (N-methyl/N-ethyl adjacent to an activating group) is 1. The van der Waals surface area contributed by atoms with Crippen LogP contribution >= 0.6 is 11.6 Å². The Bertz CT molecular complexity index is 1080. The Morgan fingerprint density at radius 1 is 1.16 bits per heavy atom. The SMILES string of the molecule is CNC(=O)[C@@H](C)N(Cc1ccccc1F)C(=O)CN(c1cccc(Cl)c1C)S(C)(=O)=O. The number of carbonyl (C=O) groups excluding carboxylic acids is 2. The second-order valence-electron chi connectivity index (χ2n) is 7.06. The van der Waals surface area contributed by atoms with E-state index in [1.54, 1.807) is 31.2 Å². The number of benzene rings is 2. The highest BCUT2D eigenvalue weighted by Gasteiger charge is 2.30. The number of hydrogen-bond acceptors (Lipinski definition) is 4. The summed E-state index contributed by atoms with van der Waals surface area (Å²) in [5, 5.41) is 2.80. The summed E-state index contributed by atoms with van der Waals surface area (Å²) in [4.78, 5) is 26.6. The minimum absolute atomic E-state index is 0.202. The number of nitrogens with one attached hydrogen (secondary N) is 1. The van der Waals surface area contributed by atoms with Crippen molar-refractivity contribution in [3.63, 3.8) is 0 Å². The van der Waals surface area contributed by atoms with Gasteiger partial charge in [0.15, 0.2) is 0 Å². The van der Waals surface area contributed by atoms with Crippen molar-refractivity contribution >= 4 is 39.1 Å². The maximum Gasteiger partial charge on any atom is 0.244 e. The highest BCUT2D eigenvalue weighted by Crippen LogP contribution is 2.28. The second-order valence-corrected chi connectivity index (χ2v) is 9.37. The van der Waals surface area contributed by atoms with E-state index in [1.165, 1.54) is 32.2 Å². The third kappa shape index (κ3) is 5.95. The molecule has 1 N–H and O–H groups in total. The van der Waals surface area contributed by atoms with Crippen LogP contribution in [0.3, 0.4) is 0 Å². The molecule has 1 atom stereocenters. The Balaban J connectivity index is 2.45. The van der Waals surface area contributed by atoms with Crippen molar-refractivity contribution < 1.29 is 22.4 Å². The minimum atomic E-state index is -3.87. The van der Waals surface area contributed by atoms with Crippen molar-refractivity contribution in [2.75, 3.05) is 24.2 Å². The van der Waals surface area contributed by atoms with Gasteiger partial charge in [-0.25, -0.2) is 12.8 Å². The van der Waals surface area contributed by atoms with E-state index >= 15 is 0 Å². The number of anilines is 1. The van der Waals surface area contributed by atoms with Gasteiger partial charge in [0.1, 0.15) is 18.4 Å². The summed E-state index contributed by atoms with van der Waals surface area (Å²) in [5.41, 5.74) is 0.945. The molecule has 2 amide bonds. The van der Waals surface area contributed by atoms with Crippen LogP contribution in [0.1, 0.15) is 18.1 Å². The van der Waals surface area contributed by atoms with Crippen LogP contribution in [0.15, 0.2) is 42.5 Å².